The highest BCUT2D eigenvalue weighted by molar-refractivity contribution is 7.97. The van der Waals surface area contributed by atoms with Gasteiger partial charge in [0.2, 0.25) is 0 Å². The summed E-state index contributed by atoms with van der Waals surface area (Å²) in [4.78, 5) is 16.7. The molecule has 1 aromatic carbocycles. The van der Waals surface area contributed by atoms with E-state index in [0.717, 1.165) is 22.6 Å². The van der Waals surface area contributed by atoms with E-state index in [0.29, 0.717) is 21.4 Å². The van der Waals surface area contributed by atoms with E-state index in [1.54, 1.807) is 34.5 Å². The predicted octanol–water partition coefficient (Wildman–Crippen LogP) is 4.74. The fourth-order valence-electron chi connectivity index (χ4n) is 2.23. The molecule has 2 aromatic heterocycles. The SMILES string of the molecule is Cc1ccn2c(=O)cc(CSCc3ccc(Cl)c(Cl)c3)nc2c1. The Balaban J connectivity index is 1.74. The topological polar surface area (TPSA) is 34.4 Å². The van der Waals surface area contributed by atoms with Crippen LogP contribution in [-0.4, -0.2) is 9.38 Å². The summed E-state index contributed by atoms with van der Waals surface area (Å²) in [6, 6.07) is 11.0. The lowest BCUT2D eigenvalue weighted by Crippen LogP contribution is -2.15. The number of aryl methyl sites for hydroxylation is 1. The molecule has 0 radical (unpaired) electrons. The predicted molar refractivity (Wildman–Crippen MR) is 97.7 cm³/mol. The zero-order chi connectivity index (χ0) is 16.4. The summed E-state index contributed by atoms with van der Waals surface area (Å²) in [5, 5.41) is 1.11. The summed E-state index contributed by atoms with van der Waals surface area (Å²) >= 11 is 13.6. The van der Waals surface area contributed by atoms with E-state index in [4.69, 9.17) is 23.2 Å². The number of halogens is 2. The van der Waals surface area contributed by atoms with Gasteiger partial charge in [-0.25, -0.2) is 4.98 Å². The Bertz CT molecular complexity index is 924. The average molecular weight is 365 g/mol. The minimum atomic E-state index is -0.0554. The Kier molecular flexibility index (Phi) is 4.95. The molecule has 0 N–H and O–H groups in total. The second-order valence-electron chi connectivity index (χ2n) is 5.26. The van der Waals surface area contributed by atoms with Gasteiger partial charge in [-0.2, -0.15) is 11.8 Å². The molecular weight excluding hydrogens is 351 g/mol. The lowest BCUT2D eigenvalue weighted by Gasteiger charge is -2.06. The maximum absolute atomic E-state index is 12.1. The molecule has 3 aromatic rings. The minimum Gasteiger partial charge on any atom is -0.269 e. The largest absolute Gasteiger partial charge is 0.269 e. The molecule has 0 unspecified atom stereocenters. The van der Waals surface area contributed by atoms with Crippen molar-refractivity contribution in [1.82, 2.24) is 9.38 Å². The van der Waals surface area contributed by atoms with E-state index in [9.17, 15) is 4.79 Å². The van der Waals surface area contributed by atoms with Crippen molar-refractivity contribution in [3.63, 3.8) is 0 Å². The van der Waals surface area contributed by atoms with Gasteiger partial charge in [-0.3, -0.25) is 9.20 Å². The fraction of sp³-hybridized carbons (Fsp3) is 0.176. The van der Waals surface area contributed by atoms with Crippen LogP contribution in [0.15, 0.2) is 47.4 Å². The van der Waals surface area contributed by atoms with E-state index in [1.165, 1.54) is 0 Å². The van der Waals surface area contributed by atoms with Crippen LogP contribution in [0, 0.1) is 6.92 Å². The van der Waals surface area contributed by atoms with Crippen LogP contribution in [0.5, 0.6) is 0 Å². The van der Waals surface area contributed by atoms with E-state index < -0.39 is 0 Å². The van der Waals surface area contributed by atoms with E-state index in [-0.39, 0.29) is 5.56 Å². The molecular formula is C17H14Cl2N2OS. The zero-order valence-corrected chi connectivity index (χ0v) is 14.8. The summed E-state index contributed by atoms with van der Waals surface area (Å²) in [7, 11) is 0. The number of rotatable bonds is 4. The van der Waals surface area contributed by atoms with Gasteiger partial charge in [0.1, 0.15) is 5.65 Å². The molecule has 2 heterocycles. The van der Waals surface area contributed by atoms with E-state index in [2.05, 4.69) is 4.98 Å². The molecule has 0 spiro atoms. The van der Waals surface area contributed by atoms with Crippen molar-refractivity contribution in [2.24, 2.45) is 0 Å². The number of benzene rings is 1. The Labute approximate surface area is 148 Å². The van der Waals surface area contributed by atoms with Crippen molar-refractivity contribution in [3.8, 4) is 0 Å². The highest BCUT2D eigenvalue weighted by Crippen LogP contribution is 2.25. The van der Waals surface area contributed by atoms with Gasteiger partial charge in [0.25, 0.3) is 5.56 Å². The van der Waals surface area contributed by atoms with Crippen LogP contribution in [0.4, 0.5) is 0 Å². The molecule has 0 amide bonds. The summed E-state index contributed by atoms with van der Waals surface area (Å²) in [5.74, 6) is 1.45. The lowest BCUT2D eigenvalue weighted by molar-refractivity contribution is 1.01. The number of hydrogen-bond acceptors (Lipinski definition) is 3. The van der Waals surface area contributed by atoms with Crippen LogP contribution in [0.3, 0.4) is 0 Å². The van der Waals surface area contributed by atoms with Gasteiger partial charge >= 0.3 is 0 Å². The number of hydrogen-bond donors (Lipinski definition) is 0. The second kappa shape index (κ2) is 6.95. The smallest absolute Gasteiger partial charge is 0.258 e. The molecule has 23 heavy (non-hydrogen) atoms. The number of pyridine rings is 1. The highest BCUT2D eigenvalue weighted by atomic mass is 35.5. The fourth-order valence-corrected chi connectivity index (χ4v) is 3.43. The minimum absolute atomic E-state index is 0.0554. The average Bonchev–Trinajstić information content (AvgIpc) is 2.50. The first-order chi connectivity index (χ1) is 11.0. The van der Waals surface area contributed by atoms with Crippen molar-refractivity contribution in [2.75, 3.05) is 0 Å². The maximum atomic E-state index is 12.1. The van der Waals surface area contributed by atoms with Gasteiger partial charge in [0.15, 0.2) is 0 Å². The number of aromatic nitrogens is 2. The molecule has 3 rings (SSSR count). The summed E-state index contributed by atoms with van der Waals surface area (Å²) in [6.45, 7) is 1.98. The molecule has 0 aliphatic carbocycles. The van der Waals surface area contributed by atoms with Crippen LogP contribution in [0.1, 0.15) is 16.8 Å². The van der Waals surface area contributed by atoms with Crippen LogP contribution in [0.25, 0.3) is 5.65 Å². The van der Waals surface area contributed by atoms with Crippen LogP contribution >= 0.6 is 35.0 Å². The number of thioether (sulfide) groups is 1. The maximum Gasteiger partial charge on any atom is 0.258 e. The van der Waals surface area contributed by atoms with Gasteiger partial charge in [0, 0.05) is 23.8 Å². The summed E-state index contributed by atoms with van der Waals surface area (Å²) in [6.07, 6.45) is 1.76. The lowest BCUT2D eigenvalue weighted by atomic mass is 10.2. The molecule has 0 aliphatic heterocycles. The third kappa shape index (κ3) is 3.89. The van der Waals surface area contributed by atoms with Crippen molar-refractivity contribution in [1.29, 1.82) is 0 Å². The Morgan fingerprint density at radius 2 is 1.91 bits per heavy atom. The van der Waals surface area contributed by atoms with Gasteiger partial charge < -0.3 is 0 Å². The number of fused-ring (bicyclic) bond motifs is 1. The number of nitrogens with zero attached hydrogens (tertiary/aromatic N) is 2. The Morgan fingerprint density at radius 3 is 2.70 bits per heavy atom. The summed E-state index contributed by atoms with van der Waals surface area (Å²) < 4.78 is 1.56. The Morgan fingerprint density at radius 1 is 1.09 bits per heavy atom. The van der Waals surface area contributed by atoms with Gasteiger partial charge in [-0.1, -0.05) is 29.3 Å². The molecule has 0 atom stereocenters. The first-order valence-corrected chi connectivity index (χ1v) is 8.94. The molecule has 0 saturated carbocycles. The molecule has 3 nitrogen and oxygen atoms in total. The molecule has 0 aliphatic rings. The third-order valence-corrected chi connectivity index (χ3v) is 5.15. The normalized spacial score (nSPS) is 11.1. The van der Waals surface area contributed by atoms with Gasteiger partial charge in [-0.15, -0.1) is 0 Å². The van der Waals surface area contributed by atoms with Crippen LogP contribution < -0.4 is 5.56 Å². The first kappa shape index (κ1) is 16.4. The van der Waals surface area contributed by atoms with Crippen LogP contribution in [0.2, 0.25) is 10.0 Å². The van der Waals surface area contributed by atoms with Gasteiger partial charge in [0.05, 0.1) is 15.7 Å². The van der Waals surface area contributed by atoms with Crippen molar-refractivity contribution < 1.29 is 0 Å². The quantitative estimate of drug-likeness (QED) is 0.670. The van der Waals surface area contributed by atoms with E-state index in [1.807, 2.05) is 31.2 Å². The molecule has 6 heteroatoms. The molecule has 0 saturated heterocycles. The first-order valence-electron chi connectivity index (χ1n) is 7.03. The third-order valence-electron chi connectivity index (χ3n) is 3.38. The van der Waals surface area contributed by atoms with Crippen LogP contribution in [-0.2, 0) is 11.5 Å². The highest BCUT2D eigenvalue weighted by Gasteiger charge is 2.04. The van der Waals surface area contributed by atoms with E-state index >= 15 is 0 Å². The van der Waals surface area contributed by atoms with Crippen molar-refractivity contribution >= 4 is 40.6 Å². The van der Waals surface area contributed by atoms with Crippen molar-refractivity contribution in [3.05, 3.63) is 79.8 Å². The zero-order valence-electron chi connectivity index (χ0n) is 12.4. The van der Waals surface area contributed by atoms with Crippen molar-refractivity contribution in [2.45, 2.75) is 18.4 Å². The van der Waals surface area contributed by atoms with Gasteiger partial charge in [-0.05, 0) is 42.3 Å². The molecule has 118 valence electrons. The second-order valence-corrected chi connectivity index (χ2v) is 7.06. The standard InChI is InChI=1S/C17H14Cl2N2OS/c1-11-4-5-21-16(6-11)20-13(8-17(21)22)10-23-9-12-2-3-14(18)15(19)7-12/h2-8H,9-10H2,1H3. The molecule has 0 bridgehead atoms. The molecule has 0 fully saturated rings. The monoisotopic (exact) mass is 364 g/mol. The Hall–Kier alpha value is -1.49. The summed E-state index contributed by atoms with van der Waals surface area (Å²) in [5.41, 5.74) is 3.59.